The highest BCUT2D eigenvalue weighted by molar-refractivity contribution is 5.94. The highest BCUT2D eigenvalue weighted by atomic mass is 16.2. The molecule has 2 aromatic heterocycles. The van der Waals surface area contributed by atoms with E-state index in [0.717, 1.165) is 12.1 Å². The predicted molar refractivity (Wildman–Crippen MR) is 101 cm³/mol. The molecule has 8 nitrogen and oxygen atoms in total. The Bertz CT molecular complexity index is 882. The zero-order valence-electron chi connectivity index (χ0n) is 14.2. The molecular weight excluding hydrogens is 330 g/mol. The maximum absolute atomic E-state index is 12.1. The van der Waals surface area contributed by atoms with Crippen LogP contribution in [-0.2, 0) is 6.42 Å². The fourth-order valence-electron chi connectivity index (χ4n) is 2.24. The van der Waals surface area contributed by atoms with Gasteiger partial charge in [0.2, 0.25) is 0 Å². The first-order chi connectivity index (χ1) is 12.7. The number of nitrogens with one attached hydrogen (secondary N) is 3. The molecule has 0 spiro atoms. The predicted octanol–water partition coefficient (Wildman–Crippen LogP) is 2.52. The van der Waals surface area contributed by atoms with Crippen LogP contribution in [0.3, 0.4) is 0 Å². The topological polar surface area (TPSA) is 118 Å². The van der Waals surface area contributed by atoms with Gasteiger partial charge >= 0.3 is 0 Å². The second-order valence-corrected chi connectivity index (χ2v) is 5.48. The summed E-state index contributed by atoms with van der Waals surface area (Å²) in [4.78, 5) is 24.2. The monoisotopic (exact) mass is 349 g/mol. The van der Waals surface area contributed by atoms with Crippen LogP contribution in [0.2, 0.25) is 0 Å². The summed E-state index contributed by atoms with van der Waals surface area (Å²) in [7, 11) is 0. The quantitative estimate of drug-likeness (QED) is 0.505. The average molecular weight is 349 g/mol. The zero-order chi connectivity index (χ0) is 18.4. The molecule has 132 valence electrons. The van der Waals surface area contributed by atoms with Crippen molar-refractivity contribution in [2.75, 3.05) is 16.5 Å². The number of nitrogen functional groups attached to an aromatic ring is 1. The van der Waals surface area contributed by atoms with Crippen molar-refractivity contribution in [2.45, 2.75) is 13.3 Å². The van der Waals surface area contributed by atoms with Crippen LogP contribution in [0.5, 0.6) is 0 Å². The van der Waals surface area contributed by atoms with E-state index in [-0.39, 0.29) is 5.91 Å². The van der Waals surface area contributed by atoms with Gasteiger partial charge in [-0.1, -0.05) is 19.1 Å². The first-order valence-electron chi connectivity index (χ1n) is 8.10. The molecule has 26 heavy (non-hydrogen) atoms. The van der Waals surface area contributed by atoms with Gasteiger partial charge in [0.25, 0.3) is 5.91 Å². The third-order valence-corrected chi connectivity index (χ3v) is 3.73. The van der Waals surface area contributed by atoms with Gasteiger partial charge < -0.3 is 11.1 Å². The molecule has 1 amide bonds. The van der Waals surface area contributed by atoms with Crippen molar-refractivity contribution >= 4 is 28.9 Å². The molecule has 5 N–H and O–H groups in total. The van der Waals surface area contributed by atoms with Crippen molar-refractivity contribution in [1.82, 2.24) is 20.4 Å². The van der Waals surface area contributed by atoms with Gasteiger partial charge in [0.05, 0.1) is 5.56 Å². The molecule has 0 aliphatic carbocycles. The summed E-state index contributed by atoms with van der Waals surface area (Å²) < 4.78 is 0. The molecule has 8 heteroatoms. The molecule has 2 heterocycles. The highest BCUT2D eigenvalue weighted by Crippen LogP contribution is 2.25. The third-order valence-electron chi connectivity index (χ3n) is 3.73. The lowest BCUT2D eigenvalue weighted by atomic mass is 10.1. The van der Waals surface area contributed by atoms with Crippen LogP contribution >= 0.6 is 0 Å². The van der Waals surface area contributed by atoms with E-state index in [1.807, 2.05) is 24.3 Å². The normalized spacial score (nSPS) is 10.2. The smallest absolute Gasteiger partial charge is 0.271 e. The van der Waals surface area contributed by atoms with Gasteiger partial charge in [0.15, 0.2) is 11.6 Å². The summed E-state index contributed by atoms with van der Waals surface area (Å²) in [6.45, 7) is 2.10. The molecule has 0 radical (unpaired) electrons. The molecule has 0 saturated heterocycles. The summed E-state index contributed by atoms with van der Waals surface area (Å²) >= 11 is 0. The van der Waals surface area contributed by atoms with E-state index < -0.39 is 0 Å². The Kier molecular flexibility index (Phi) is 5.23. The lowest BCUT2D eigenvalue weighted by molar-refractivity contribution is 0.0962. The first-order valence-corrected chi connectivity index (χ1v) is 8.10. The van der Waals surface area contributed by atoms with Gasteiger partial charge in [-0.2, -0.15) is 0 Å². The van der Waals surface area contributed by atoms with Crippen molar-refractivity contribution in [3.63, 3.8) is 0 Å². The number of nitrogens with two attached hydrogens (primary N) is 1. The van der Waals surface area contributed by atoms with E-state index in [2.05, 4.69) is 38.0 Å². The van der Waals surface area contributed by atoms with Crippen molar-refractivity contribution in [1.29, 1.82) is 0 Å². The zero-order valence-corrected chi connectivity index (χ0v) is 14.2. The number of carbonyl (C=O) groups is 1. The Hall–Kier alpha value is -3.68. The lowest BCUT2D eigenvalue weighted by Crippen LogP contribution is -2.30. The number of aromatic nitrogens is 3. The van der Waals surface area contributed by atoms with Crippen molar-refractivity contribution < 1.29 is 4.79 Å². The van der Waals surface area contributed by atoms with Gasteiger partial charge in [0, 0.05) is 18.1 Å². The summed E-state index contributed by atoms with van der Waals surface area (Å²) in [5.41, 5.74) is 14.2. The van der Waals surface area contributed by atoms with Crippen LogP contribution in [0.4, 0.5) is 23.0 Å². The number of hydrazine groups is 1. The number of anilines is 4. The highest BCUT2D eigenvalue weighted by Gasteiger charge is 2.10. The Balaban J connectivity index is 1.69. The van der Waals surface area contributed by atoms with Crippen molar-refractivity contribution in [3.05, 3.63) is 66.2 Å². The van der Waals surface area contributed by atoms with E-state index in [0.29, 0.717) is 22.9 Å². The van der Waals surface area contributed by atoms with Gasteiger partial charge in [0.1, 0.15) is 12.0 Å². The number of aryl methyl sites for hydroxylation is 1. The standard InChI is InChI=1S/C18H19N7O/c1-2-12-5-7-14(8-6-12)23-16-15(19)17(22-11-21-16)24-25-18(26)13-4-3-9-20-10-13/h3-11H,2,19H2,1H3,(H,25,26)(H2,21,22,23,24). The molecule has 0 aliphatic heterocycles. The number of nitrogens with zero attached hydrogens (tertiary/aromatic N) is 3. The molecule has 0 atom stereocenters. The molecule has 1 aromatic carbocycles. The van der Waals surface area contributed by atoms with Crippen LogP contribution in [0.15, 0.2) is 55.1 Å². The number of benzene rings is 1. The molecular formula is C18H19N7O. The van der Waals surface area contributed by atoms with Gasteiger partial charge in [-0.15, -0.1) is 0 Å². The minimum atomic E-state index is -0.347. The van der Waals surface area contributed by atoms with Crippen LogP contribution in [0.1, 0.15) is 22.8 Å². The number of carbonyl (C=O) groups excluding carboxylic acids is 1. The second kappa shape index (κ2) is 7.93. The molecule has 0 bridgehead atoms. The lowest BCUT2D eigenvalue weighted by Gasteiger charge is -2.13. The average Bonchev–Trinajstić information content (AvgIpc) is 2.69. The second-order valence-electron chi connectivity index (χ2n) is 5.48. The first kappa shape index (κ1) is 17.2. The molecule has 3 rings (SSSR count). The summed E-state index contributed by atoms with van der Waals surface area (Å²) in [6.07, 6.45) is 5.39. The van der Waals surface area contributed by atoms with E-state index in [4.69, 9.17) is 5.73 Å². The molecule has 3 aromatic rings. The number of hydrogen-bond donors (Lipinski definition) is 4. The fraction of sp³-hybridized carbons (Fsp3) is 0.111. The van der Waals surface area contributed by atoms with Crippen molar-refractivity contribution in [3.8, 4) is 0 Å². The minimum Gasteiger partial charge on any atom is -0.393 e. The molecule has 0 saturated carbocycles. The van der Waals surface area contributed by atoms with Crippen LogP contribution in [-0.4, -0.2) is 20.9 Å². The summed E-state index contributed by atoms with van der Waals surface area (Å²) in [6, 6.07) is 11.3. The van der Waals surface area contributed by atoms with Gasteiger partial charge in [-0.05, 0) is 36.2 Å². The summed E-state index contributed by atoms with van der Waals surface area (Å²) in [5.74, 6) is 0.396. The largest absolute Gasteiger partial charge is 0.393 e. The van der Waals surface area contributed by atoms with Gasteiger partial charge in [-0.3, -0.25) is 20.6 Å². The maximum atomic E-state index is 12.1. The Morgan fingerprint density at radius 3 is 2.58 bits per heavy atom. The third kappa shape index (κ3) is 4.04. The van der Waals surface area contributed by atoms with Crippen LogP contribution in [0.25, 0.3) is 0 Å². The molecule has 0 fully saturated rings. The van der Waals surface area contributed by atoms with E-state index in [1.54, 1.807) is 18.3 Å². The number of rotatable bonds is 6. The van der Waals surface area contributed by atoms with Gasteiger partial charge in [-0.25, -0.2) is 9.97 Å². The number of hydrogen-bond acceptors (Lipinski definition) is 7. The van der Waals surface area contributed by atoms with E-state index in [9.17, 15) is 4.79 Å². The van der Waals surface area contributed by atoms with E-state index in [1.165, 1.54) is 18.1 Å². The Labute approximate surface area is 150 Å². The number of pyridine rings is 1. The minimum absolute atomic E-state index is 0.290. The Morgan fingerprint density at radius 1 is 1.12 bits per heavy atom. The van der Waals surface area contributed by atoms with E-state index >= 15 is 0 Å². The fourth-order valence-corrected chi connectivity index (χ4v) is 2.24. The van der Waals surface area contributed by atoms with Crippen LogP contribution in [0, 0.1) is 0 Å². The van der Waals surface area contributed by atoms with Crippen molar-refractivity contribution in [2.24, 2.45) is 0 Å². The van der Waals surface area contributed by atoms with Crippen LogP contribution < -0.4 is 21.9 Å². The Morgan fingerprint density at radius 2 is 1.88 bits per heavy atom. The SMILES string of the molecule is CCc1ccc(Nc2ncnc(NNC(=O)c3cccnc3)c2N)cc1. The molecule has 0 aliphatic rings. The number of amides is 1. The summed E-state index contributed by atoms with van der Waals surface area (Å²) in [5, 5.41) is 3.14. The molecule has 0 unspecified atom stereocenters. The maximum Gasteiger partial charge on any atom is 0.271 e.